The molecule has 0 aliphatic carbocycles. The van der Waals surface area contributed by atoms with Crippen molar-refractivity contribution in [2.75, 3.05) is 0 Å². The molecule has 0 heteroatoms. The van der Waals surface area contributed by atoms with Crippen molar-refractivity contribution in [3.8, 4) is 0 Å². The largest absolute Gasteiger partial charge is 0.0683 e. The van der Waals surface area contributed by atoms with E-state index in [1.165, 1.54) is 17.2 Å². The minimum absolute atomic E-state index is 0.569. The SMILES string of the molecule is CC.CC.CCC.[2H]CCC.c1ccc2ccccc2c1. The number of hydrogen-bond donors (Lipinski definition) is 0. The van der Waals surface area contributed by atoms with Gasteiger partial charge in [0.15, 0.2) is 0 Å². The predicted molar refractivity (Wildman–Crippen MR) is 98.6 cm³/mol. The van der Waals surface area contributed by atoms with Gasteiger partial charge in [-0.1, -0.05) is 117 Å². The van der Waals surface area contributed by atoms with Gasteiger partial charge >= 0.3 is 0 Å². The van der Waals surface area contributed by atoms with Gasteiger partial charge in [0.05, 0.1) is 0 Å². The zero-order valence-electron chi connectivity index (χ0n) is 15.7. The average molecular weight is 278 g/mol. The standard InChI is InChI=1S/C10H8.2C3H8.2C2H6/c1-2-6-10-8-4-3-7-9(10)5-1;2*1-3-2;2*1-2/h1-8H;2*3H2,1-2H3;2*1-2H3/i;1D;;;. The summed E-state index contributed by atoms with van der Waals surface area (Å²) in [5.74, 6) is 0. The number of benzene rings is 2. The van der Waals surface area contributed by atoms with Gasteiger partial charge in [-0.15, -0.1) is 0 Å². The Balaban J connectivity index is -0.000000251. The van der Waals surface area contributed by atoms with Gasteiger partial charge in [0.1, 0.15) is 0 Å². The molecule has 2 aromatic rings. The molecular weight excluding hydrogens is 240 g/mol. The van der Waals surface area contributed by atoms with Gasteiger partial charge < -0.3 is 0 Å². The van der Waals surface area contributed by atoms with E-state index in [2.05, 4.69) is 62.4 Å². The molecule has 0 fully saturated rings. The third-order valence-corrected chi connectivity index (χ3v) is 1.66. The van der Waals surface area contributed by atoms with E-state index in [-0.39, 0.29) is 0 Å². The van der Waals surface area contributed by atoms with E-state index in [1.807, 2.05) is 34.6 Å². The zero-order valence-corrected chi connectivity index (χ0v) is 14.7. The summed E-state index contributed by atoms with van der Waals surface area (Å²) in [5.41, 5.74) is 0. The molecule has 0 N–H and O–H groups in total. The Labute approximate surface area is 129 Å². The number of hydrogen-bond acceptors (Lipinski definition) is 0. The van der Waals surface area contributed by atoms with Gasteiger partial charge in [0.2, 0.25) is 0 Å². The van der Waals surface area contributed by atoms with Gasteiger partial charge in [-0.05, 0) is 10.8 Å². The van der Waals surface area contributed by atoms with Gasteiger partial charge in [0.25, 0.3) is 0 Å². The van der Waals surface area contributed by atoms with Crippen molar-refractivity contribution < 1.29 is 1.37 Å². The second-order valence-corrected chi connectivity index (χ2v) is 3.55. The fourth-order valence-corrected chi connectivity index (χ4v) is 1.13. The van der Waals surface area contributed by atoms with Crippen molar-refractivity contribution >= 4 is 10.8 Å². The lowest BCUT2D eigenvalue weighted by Gasteiger charge is -1.92. The van der Waals surface area contributed by atoms with Crippen LogP contribution in [-0.4, -0.2) is 0 Å². The summed E-state index contributed by atoms with van der Waals surface area (Å²) in [7, 11) is 0. The van der Waals surface area contributed by atoms with Crippen LogP contribution in [0.1, 0.15) is 69.6 Å². The Morgan fingerprint density at radius 1 is 0.650 bits per heavy atom. The van der Waals surface area contributed by atoms with Crippen LogP contribution in [0, 0.1) is 0 Å². The molecule has 116 valence electrons. The highest BCUT2D eigenvalue weighted by Crippen LogP contribution is 2.11. The topological polar surface area (TPSA) is 0 Å². The van der Waals surface area contributed by atoms with E-state index in [1.54, 1.807) is 0 Å². The molecule has 0 spiro atoms. The van der Waals surface area contributed by atoms with Crippen LogP contribution >= 0.6 is 0 Å². The van der Waals surface area contributed by atoms with E-state index in [9.17, 15) is 0 Å². The van der Waals surface area contributed by atoms with E-state index >= 15 is 0 Å². The molecule has 0 aliphatic heterocycles. The van der Waals surface area contributed by atoms with Crippen LogP contribution in [0.5, 0.6) is 0 Å². The van der Waals surface area contributed by atoms with Crippen LogP contribution < -0.4 is 0 Å². The molecule has 0 radical (unpaired) electrons. The van der Waals surface area contributed by atoms with Crippen LogP contribution in [-0.2, 0) is 0 Å². The average Bonchev–Trinajstić information content (AvgIpc) is 2.59. The predicted octanol–water partition coefficient (Wildman–Crippen LogP) is 7.72. The lowest BCUT2D eigenvalue weighted by atomic mass is 10.1. The van der Waals surface area contributed by atoms with Gasteiger partial charge in [0, 0.05) is 1.37 Å². The highest BCUT2D eigenvalue weighted by molar-refractivity contribution is 5.81. The molecule has 2 rings (SSSR count). The molecule has 20 heavy (non-hydrogen) atoms. The lowest BCUT2D eigenvalue weighted by Crippen LogP contribution is -1.67. The normalized spacial score (nSPS) is 8.05. The summed E-state index contributed by atoms with van der Waals surface area (Å²) in [6.45, 7) is 14.8. The van der Waals surface area contributed by atoms with Crippen LogP contribution in [0.15, 0.2) is 48.5 Å². The first-order chi connectivity index (χ1) is 10.3. The van der Waals surface area contributed by atoms with Crippen LogP contribution in [0.4, 0.5) is 0 Å². The Morgan fingerprint density at radius 2 is 0.850 bits per heavy atom. The van der Waals surface area contributed by atoms with Gasteiger partial charge in [-0.3, -0.25) is 0 Å². The van der Waals surface area contributed by atoms with Crippen LogP contribution in [0.3, 0.4) is 0 Å². The summed E-state index contributed by atoms with van der Waals surface area (Å²) < 4.78 is 6.45. The van der Waals surface area contributed by atoms with E-state index < -0.39 is 0 Å². The molecule has 0 amide bonds. The summed E-state index contributed by atoms with van der Waals surface area (Å²) >= 11 is 0. The van der Waals surface area contributed by atoms with Crippen LogP contribution in [0.2, 0.25) is 0 Å². The summed E-state index contributed by atoms with van der Waals surface area (Å²) in [6.07, 6.45) is 2.24. The van der Waals surface area contributed by atoms with Crippen molar-refractivity contribution in [2.24, 2.45) is 0 Å². The quantitative estimate of drug-likeness (QED) is 0.462. The minimum Gasteiger partial charge on any atom is -0.0683 e. The van der Waals surface area contributed by atoms with Crippen molar-refractivity contribution in [2.45, 2.75) is 68.2 Å². The van der Waals surface area contributed by atoms with Crippen molar-refractivity contribution in [3.05, 3.63) is 48.5 Å². The van der Waals surface area contributed by atoms with Crippen molar-refractivity contribution in [1.82, 2.24) is 0 Å². The third kappa shape index (κ3) is 14.8. The second-order valence-electron chi connectivity index (χ2n) is 3.55. The Morgan fingerprint density at radius 3 is 1.00 bits per heavy atom. The Hall–Kier alpha value is -1.30. The molecule has 0 saturated carbocycles. The molecular formula is C20H36. The first kappa shape index (κ1) is 21.0. The smallest absolute Gasteiger partial charge is 0.0230 e. The maximum atomic E-state index is 6.45. The molecule has 0 bridgehead atoms. The van der Waals surface area contributed by atoms with E-state index in [0.29, 0.717) is 6.90 Å². The number of rotatable bonds is 0. The summed E-state index contributed by atoms with van der Waals surface area (Å²) in [6, 6.07) is 16.7. The first-order valence-electron chi connectivity index (χ1n) is 8.73. The van der Waals surface area contributed by atoms with Gasteiger partial charge in [-0.25, -0.2) is 0 Å². The van der Waals surface area contributed by atoms with Crippen molar-refractivity contribution in [3.63, 3.8) is 0 Å². The summed E-state index contributed by atoms with van der Waals surface area (Å²) in [5, 5.41) is 2.62. The third-order valence-electron chi connectivity index (χ3n) is 1.66. The van der Waals surface area contributed by atoms with Crippen molar-refractivity contribution in [1.29, 1.82) is 0 Å². The monoisotopic (exact) mass is 277 g/mol. The highest BCUT2D eigenvalue weighted by Gasteiger charge is 1.85. The molecule has 0 heterocycles. The molecule has 2 aromatic carbocycles. The molecule has 0 unspecified atom stereocenters. The lowest BCUT2D eigenvalue weighted by molar-refractivity contribution is 1.09. The molecule has 0 atom stereocenters. The van der Waals surface area contributed by atoms with Gasteiger partial charge in [-0.2, -0.15) is 0 Å². The Bertz CT molecular complexity index is 315. The highest BCUT2D eigenvalue weighted by atomic mass is 13.9. The molecule has 0 aromatic heterocycles. The number of fused-ring (bicyclic) bond motifs is 1. The fraction of sp³-hybridized carbons (Fsp3) is 0.500. The van der Waals surface area contributed by atoms with E-state index in [0.717, 1.165) is 6.42 Å². The fourth-order valence-electron chi connectivity index (χ4n) is 1.13. The van der Waals surface area contributed by atoms with Crippen LogP contribution in [0.25, 0.3) is 10.8 Å². The molecule has 0 saturated heterocycles. The second kappa shape index (κ2) is 22.8. The molecule has 0 aliphatic rings. The zero-order chi connectivity index (χ0) is 16.9. The first-order valence-corrected chi connectivity index (χ1v) is 8.03. The van der Waals surface area contributed by atoms with E-state index in [4.69, 9.17) is 1.37 Å². The maximum absolute atomic E-state index is 6.45. The minimum atomic E-state index is 0.569. The maximum Gasteiger partial charge on any atom is 0.0230 e. The molecule has 0 nitrogen and oxygen atoms in total. The Kier molecular flexibility index (Phi) is 24.0. The summed E-state index contributed by atoms with van der Waals surface area (Å²) in [4.78, 5) is 0.